The van der Waals surface area contributed by atoms with Gasteiger partial charge < -0.3 is 0 Å². The minimum absolute atomic E-state index is 0.0860. The Bertz CT molecular complexity index is 983. The molecule has 1 amide bonds. The number of pyridine rings is 1. The molecule has 2 aromatic carbocycles. The lowest BCUT2D eigenvalue weighted by Crippen LogP contribution is -2.27. The minimum atomic E-state index is -0.0860. The van der Waals surface area contributed by atoms with Gasteiger partial charge in [-0.05, 0) is 46.7 Å². The van der Waals surface area contributed by atoms with Crippen LogP contribution in [0.1, 0.15) is 5.56 Å². The summed E-state index contributed by atoms with van der Waals surface area (Å²) in [6, 6.07) is 17.7. The molecular weight excluding hydrogens is 336 g/mol. The van der Waals surface area contributed by atoms with Crippen LogP contribution in [-0.2, 0) is 4.79 Å². The summed E-state index contributed by atoms with van der Waals surface area (Å²) in [5.41, 5.74) is 1.73. The first-order valence-electron chi connectivity index (χ1n) is 7.39. The van der Waals surface area contributed by atoms with Gasteiger partial charge >= 0.3 is 0 Å². The predicted octanol–water partition coefficient (Wildman–Crippen LogP) is 4.64. The Morgan fingerprint density at radius 1 is 1.00 bits per heavy atom. The van der Waals surface area contributed by atoms with Crippen molar-refractivity contribution in [2.24, 2.45) is 0 Å². The van der Waals surface area contributed by atoms with E-state index in [0.717, 1.165) is 22.0 Å². The van der Waals surface area contributed by atoms with Gasteiger partial charge in [0.1, 0.15) is 0 Å². The van der Waals surface area contributed by atoms with E-state index in [2.05, 4.69) is 4.98 Å². The van der Waals surface area contributed by atoms with Crippen LogP contribution in [0.5, 0.6) is 0 Å². The molecule has 0 unspecified atom stereocenters. The number of carbonyl (C=O) groups excluding carboxylic acids is 1. The molecule has 4 rings (SSSR count). The van der Waals surface area contributed by atoms with Crippen molar-refractivity contribution in [2.45, 2.75) is 0 Å². The van der Waals surface area contributed by atoms with Gasteiger partial charge in [0.15, 0.2) is 4.32 Å². The van der Waals surface area contributed by atoms with E-state index in [1.54, 1.807) is 17.3 Å². The van der Waals surface area contributed by atoms with Crippen LogP contribution < -0.4 is 4.90 Å². The van der Waals surface area contributed by atoms with E-state index in [9.17, 15) is 4.79 Å². The van der Waals surface area contributed by atoms with Gasteiger partial charge in [0.05, 0.1) is 10.6 Å². The molecule has 1 saturated heterocycles. The number of fused-ring (bicyclic) bond motifs is 1. The standard InChI is InChI=1S/C19H12N2OS2/c22-18-17(11-13-7-9-20-10-8-13)24-19(23)21(18)16-6-5-14-3-1-2-4-15(14)12-16/h1-12H. The molecule has 0 aliphatic carbocycles. The predicted molar refractivity (Wildman–Crippen MR) is 104 cm³/mol. The summed E-state index contributed by atoms with van der Waals surface area (Å²) in [6.45, 7) is 0. The van der Waals surface area contributed by atoms with Crippen molar-refractivity contribution < 1.29 is 4.79 Å². The molecule has 0 atom stereocenters. The Morgan fingerprint density at radius 3 is 2.54 bits per heavy atom. The molecule has 0 radical (unpaired) electrons. The van der Waals surface area contributed by atoms with E-state index in [1.165, 1.54) is 11.8 Å². The number of thioether (sulfide) groups is 1. The van der Waals surface area contributed by atoms with E-state index < -0.39 is 0 Å². The number of aromatic nitrogens is 1. The zero-order valence-electron chi connectivity index (χ0n) is 12.5. The summed E-state index contributed by atoms with van der Waals surface area (Å²) >= 11 is 6.76. The molecule has 3 aromatic rings. The quantitative estimate of drug-likeness (QED) is 0.499. The molecule has 0 saturated carbocycles. The molecule has 5 heteroatoms. The Kier molecular flexibility index (Phi) is 3.88. The van der Waals surface area contributed by atoms with Gasteiger partial charge in [0.2, 0.25) is 0 Å². The number of rotatable bonds is 2. The zero-order chi connectivity index (χ0) is 16.5. The number of carbonyl (C=O) groups is 1. The fourth-order valence-corrected chi connectivity index (χ4v) is 3.92. The van der Waals surface area contributed by atoms with Crippen molar-refractivity contribution in [2.75, 3.05) is 4.90 Å². The van der Waals surface area contributed by atoms with Crippen molar-refractivity contribution in [1.29, 1.82) is 0 Å². The fourth-order valence-electron chi connectivity index (χ4n) is 2.62. The highest BCUT2D eigenvalue weighted by molar-refractivity contribution is 8.27. The number of amides is 1. The largest absolute Gasteiger partial charge is 0.270 e. The van der Waals surface area contributed by atoms with Crippen LogP contribution in [0.15, 0.2) is 71.9 Å². The second-order valence-corrected chi connectivity index (χ2v) is 7.00. The Morgan fingerprint density at radius 2 is 1.75 bits per heavy atom. The van der Waals surface area contributed by atoms with Crippen LogP contribution in [0.3, 0.4) is 0 Å². The first kappa shape index (κ1) is 15.1. The zero-order valence-corrected chi connectivity index (χ0v) is 14.2. The summed E-state index contributed by atoms with van der Waals surface area (Å²) in [4.78, 5) is 19.0. The monoisotopic (exact) mass is 348 g/mol. The molecule has 0 N–H and O–H groups in total. The summed E-state index contributed by atoms with van der Waals surface area (Å²) in [5, 5.41) is 2.22. The average Bonchev–Trinajstić information content (AvgIpc) is 2.89. The van der Waals surface area contributed by atoms with Gasteiger partial charge in [-0.25, -0.2) is 0 Å². The Labute approximate surface area is 149 Å². The first-order chi connectivity index (χ1) is 11.7. The molecule has 116 valence electrons. The molecule has 1 fully saturated rings. The van der Waals surface area contributed by atoms with Crippen LogP contribution in [0.2, 0.25) is 0 Å². The van der Waals surface area contributed by atoms with Crippen LogP contribution >= 0.6 is 24.0 Å². The maximum absolute atomic E-state index is 12.8. The second-order valence-electron chi connectivity index (χ2n) is 5.33. The maximum Gasteiger partial charge on any atom is 0.270 e. The third-order valence-corrected chi connectivity index (χ3v) is 5.09. The van der Waals surface area contributed by atoms with Gasteiger partial charge in [0, 0.05) is 12.4 Å². The molecular formula is C19H12N2OS2. The van der Waals surface area contributed by atoms with Crippen molar-refractivity contribution in [1.82, 2.24) is 4.98 Å². The lowest BCUT2D eigenvalue weighted by atomic mass is 10.1. The van der Waals surface area contributed by atoms with Crippen LogP contribution in [-0.4, -0.2) is 15.2 Å². The Hall–Kier alpha value is -2.50. The van der Waals surface area contributed by atoms with Crippen LogP contribution in [0.4, 0.5) is 5.69 Å². The van der Waals surface area contributed by atoms with Crippen molar-refractivity contribution >= 4 is 56.7 Å². The van der Waals surface area contributed by atoms with Crippen molar-refractivity contribution in [3.05, 3.63) is 77.5 Å². The molecule has 1 aliphatic heterocycles. The van der Waals surface area contributed by atoms with E-state index in [-0.39, 0.29) is 5.91 Å². The van der Waals surface area contributed by atoms with E-state index in [4.69, 9.17) is 12.2 Å². The number of anilines is 1. The number of hydrogen-bond acceptors (Lipinski definition) is 4. The van der Waals surface area contributed by atoms with Gasteiger partial charge in [-0.15, -0.1) is 0 Å². The van der Waals surface area contributed by atoms with E-state index >= 15 is 0 Å². The second kappa shape index (κ2) is 6.19. The molecule has 1 aliphatic rings. The molecule has 3 nitrogen and oxygen atoms in total. The summed E-state index contributed by atoms with van der Waals surface area (Å²) in [7, 11) is 0. The number of thiocarbonyl (C=S) groups is 1. The average molecular weight is 348 g/mol. The number of nitrogens with zero attached hydrogens (tertiary/aromatic N) is 2. The van der Waals surface area contributed by atoms with Gasteiger partial charge in [0.25, 0.3) is 5.91 Å². The lowest BCUT2D eigenvalue weighted by molar-refractivity contribution is -0.113. The highest BCUT2D eigenvalue weighted by atomic mass is 32.2. The number of benzene rings is 2. The number of hydrogen-bond donors (Lipinski definition) is 0. The molecule has 1 aromatic heterocycles. The topological polar surface area (TPSA) is 33.2 Å². The maximum atomic E-state index is 12.8. The third-order valence-electron chi connectivity index (χ3n) is 3.79. The molecule has 24 heavy (non-hydrogen) atoms. The summed E-state index contributed by atoms with van der Waals surface area (Å²) in [5.74, 6) is -0.0860. The van der Waals surface area contributed by atoms with E-state index in [1.807, 2.05) is 60.7 Å². The Balaban J connectivity index is 1.71. The summed E-state index contributed by atoms with van der Waals surface area (Å²) in [6.07, 6.45) is 5.26. The van der Waals surface area contributed by atoms with Crippen LogP contribution in [0, 0.1) is 0 Å². The fraction of sp³-hybridized carbons (Fsp3) is 0. The minimum Gasteiger partial charge on any atom is -0.268 e. The van der Waals surface area contributed by atoms with Gasteiger partial charge in [-0.1, -0.05) is 54.3 Å². The van der Waals surface area contributed by atoms with Gasteiger partial charge in [-0.2, -0.15) is 0 Å². The van der Waals surface area contributed by atoms with Crippen LogP contribution in [0.25, 0.3) is 16.8 Å². The third kappa shape index (κ3) is 2.72. The highest BCUT2D eigenvalue weighted by Crippen LogP contribution is 2.36. The smallest absolute Gasteiger partial charge is 0.268 e. The van der Waals surface area contributed by atoms with Crippen molar-refractivity contribution in [3.8, 4) is 0 Å². The SMILES string of the molecule is O=C1C(=Cc2ccncc2)SC(=S)N1c1ccc2ccccc2c1. The summed E-state index contributed by atoms with van der Waals surface area (Å²) < 4.78 is 0.551. The lowest BCUT2D eigenvalue weighted by Gasteiger charge is -2.15. The van der Waals surface area contributed by atoms with E-state index in [0.29, 0.717) is 9.23 Å². The molecule has 0 bridgehead atoms. The van der Waals surface area contributed by atoms with Gasteiger partial charge in [-0.3, -0.25) is 14.7 Å². The first-order valence-corrected chi connectivity index (χ1v) is 8.62. The highest BCUT2D eigenvalue weighted by Gasteiger charge is 2.33. The van der Waals surface area contributed by atoms with Crippen molar-refractivity contribution in [3.63, 3.8) is 0 Å². The normalized spacial score (nSPS) is 16.3. The molecule has 2 heterocycles. The molecule has 0 spiro atoms.